The molecule has 0 fully saturated rings. The van der Waals surface area contributed by atoms with E-state index in [2.05, 4.69) is 10.1 Å². The fourth-order valence-electron chi connectivity index (χ4n) is 1.56. The molecule has 94 valence electrons. The van der Waals surface area contributed by atoms with Gasteiger partial charge in [-0.25, -0.2) is 4.39 Å². The standard InChI is InChI=1S/C13H18FNO2/c1-10(8-13(16)17-2)15-7-6-11-4-3-5-12(14)9-11/h3-5,9-10,15H,6-8H2,1-2H3. The van der Waals surface area contributed by atoms with Gasteiger partial charge in [-0.05, 0) is 37.6 Å². The molecule has 0 aliphatic rings. The topological polar surface area (TPSA) is 38.3 Å². The maximum atomic E-state index is 12.9. The molecule has 1 atom stereocenters. The summed E-state index contributed by atoms with van der Waals surface area (Å²) in [5.41, 5.74) is 0.947. The number of methoxy groups -OCH3 is 1. The van der Waals surface area contributed by atoms with Gasteiger partial charge in [-0.15, -0.1) is 0 Å². The van der Waals surface area contributed by atoms with E-state index in [9.17, 15) is 9.18 Å². The third kappa shape index (κ3) is 5.45. The molecular formula is C13H18FNO2. The van der Waals surface area contributed by atoms with Gasteiger partial charge in [-0.1, -0.05) is 12.1 Å². The molecule has 1 unspecified atom stereocenters. The molecule has 4 heteroatoms. The highest BCUT2D eigenvalue weighted by atomic mass is 19.1. The van der Waals surface area contributed by atoms with Gasteiger partial charge in [0, 0.05) is 6.04 Å². The van der Waals surface area contributed by atoms with Crippen LogP contribution in [-0.2, 0) is 16.0 Å². The first-order valence-electron chi connectivity index (χ1n) is 5.66. The molecule has 0 saturated carbocycles. The summed E-state index contributed by atoms with van der Waals surface area (Å²) in [6.45, 7) is 2.63. The lowest BCUT2D eigenvalue weighted by Gasteiger charge is -2.12. The van der Waals surface area contributed by atoms with Crippen LogP contribution in [0.15, 0.2) is 24.3 Å². The van der Waals surface area contributed by atoms with E-state index in [1.807, 2.05) is 13.0 Å². The Morgan fingerprint density at radius 1 is 1.53 bits per heavy atom. The van der Waals surface area contributed by atoms with E-state index in [1.54, 1.807) is 6.07 Å². The minimum atomic E-state index is -0.226. The average molecular weight is 239 g/mol. The second-order valence-electron chi connectivity index (χ2n) is 4.02. The van der Waals surface area contributed by atoms with Crippen molar-refractivity contribution in [1.82, 2.24) is 5.32 Å². The second kappa shape index (κ2) is 7.01. The van der Waals surface area contributed by atoms with Crippen LogP contribution in [0.25, 0.3) is 0 Å². The Hall–Kier alpha value is -1.42. The van der Waals surface area contributed by atoms with Crippen LogP contribution >= 0.6 is 0 Å². The molecule has 0 saturated heterocycles. The number of carbonyl (C=O) groups is 1. The molecule has 0 heterocycles. The van der Waals surface area contributed by atoms with Crippen molar-refractivity contribution in [1.29, 1.82) is 0 Å². The fraction of sp³-hybridized carbons (Fsp3) is 0.462. The molecule has 0 aromatic heterocycles. The normalized spacial score (nSPS) is 12.2. The Morgan fingerprint density at radius 3 is 2.94 bits per heavy atom. The molecule has 1 aromatic carbocycles. The summed E-state index contributed by atoms with van der Waals surface area (Å²) in [4.78, 5) is 11.0. The number of hydrogen-bond donors (Lipinski definition) is 1. The maximum absolute atomic E-state index is 12.9. The van der Waals surface area contributed by atoms with E-state index in [-0.39, 0.29) is 17.8 Å². The zero-order valence-electron chi connectivity index (χ0n) is 10.2. The van der Waals surface area contributed by atoms with E-state index in [1.165, 1.54) is 19.2 Å². The van der Waals surface area contributed by atoms with Crippen molar-refractivity contribution in [3.05, 3.63) is 35.6 Å². The summed E-state index contributed by atoms with van der Waals surface area (Å²) in [5.74, 6) is -0.444. The Morgan fingerprint density at radius 2 is 2.29 bits per heavy atom. The summed E-state index contributed by atoms with van der Waals surface area (Å²) in [6, 6.07) is 6.60. The van der Waals surface area contributed by atoms with Crippen LogP contribution in [0.5, 0.6) is 0 Å². The predicted molar refractivity (Wildman–Crippen MR) is 64.2 cm³/mol. The van der Waals surface area contributed by atoms with Gasteiger partial charge in [0.15, 0.2) is 0 Å². The molecule has 3 nitrogen and oxygen atoms in total. The highest BCUT2D eigenvalue weighted by Crippen LogP contribution is 2.04. The largest absolute Gasteiger partial charge is 0.469 e. The van der Waals surface area contributed by atoms with Crippen LogP contribution in [0.1, 0.15) is 18.9 Å². The van der Waals surface area contributed by atoms with Crippen LogP contribution in [0.3, 0.4) is 0 Å². The van der Waals surface area contributed by atoms with Gasteiger partial charge in [0.1, 0.15) is 5.82 Å². The first-order valence-corrected chi connectivity index (χ1v) is 5.66. The molecule has 0 aliphatic heterocycles. The molecule has 17 heavy (non-hydrogen) atoms. The highest BCUT2D eigenvalue weighted by Gasteiger charge is 2.07. The van der Waals surface area contributed by atoms with Crippen molar-refractivity contribution in [3.63, 3.8) is 0 Å². The summed E-state index contributed by atoms with van der Waals surface area (Å²) >= 11 is 0. The molecular weight excluding hydrogens is 221 g/mol. The van der Waals surface area contributed by atoms with Gasteiger partial charge >= 0.3 is 5.97 Å². The first-order chi connectivity index (χ1) is 8.11. The van der Waals surface area contributed by atoms with E-state index >= 15 is 0 Å². The number of halogens is 1. The molecule has 0 radical (unpaired) electrons. The van der Waals surface area contributed by atoms with Crippen LogP contribution in [0.2, 0.25) is 0 Å². The summed E-state index contributed by atoms with van der Waals surface area (Å²) in [7, 11) is 1.38. The van der Waals surface area contributed by atoms with Gasteiger partial charge in [-0.2, -0.15) is 0 Å². The minimum Gasteiger partial charge on any atom is -0.469 e. The fourth-order valence-corrected chi connectivity index (χ4v) is 1.56. The van der Waals surface area contributed by atoms with Crippen molar-refractivity contribution in [2.45, 2.75) is 25.8 Å². The maximum Gasteiger partial charge on any atom is 0.307 e. The number of nitrogens with one attached hydrogen (secondary N) is 1. The quantitative estimate of drug-likeness (QED) is 0.771. The highest BCUT2D eigenvalue weighted by molar-refractivity contribution is 5.69. The lowest BCUT2D eigenvalue weighted by Crippen LogP contribution is -2.30. The van der Waals surface area contributed by atoms with Crippen molar-refractivity contribution in [2.24, 2.45) is 0 Å². The van der Waals surface area contributed by atoms with Crippen LogP contribution in [0, 0.1) is 5.82 Å². The average Bonchev–Trinajstić information content (AvgIpc) is 2.29. The van der Waals surface area contributed by atoms with Crippen LogP contribution < -0.4 is 5.32 Å². The molecule has 1 N–H and O–H groups in total. The van der Waals surface area contributed by atoms with Gasteiger partial charge in [0.25, 0.3) is 0 Å². The molecule has 1 rings (SSSR count). The smallest absolute Gasteiger partial charge is 0.307 e. The minimum absolute atomic E-state index is 0.0657. The zero-order valence-corrected chi connectivity index (χ0v) is 10.2. The van der Waals surface area contributed by atoms with Gasteiger partial charge in [-0.3, -0.25) is 4.79 Å². The Labute approximate surface area is 101 Å². The van der Waals surface area contributed by atoms with Gasteiger partial charge < -0.3 is 10.1 Å². The number of ether oxygens (including phenoxy) is 1. The monoisotopic (exact) mass is 239 g/mol. The van der Waals surface area contributed by atoms with E-state index in [4.69, 9.17) is 0 Å². The zero-order chi connectivity index (χ0) is 12.7. The van der Waals surface area contributed by atoms with Crippen molar-refractivity contribution in [2.75, 3.05) is 13.7 Å². The summed E-state index contributed by atoms with van der Waals surface area (Å²) in [6.07, 6.45) is 1.09. The lowest BCUT2D eigenvalue weighted by atomic mass is 10.1. The number of benzene rings is 1. The van der Waals surface area contributed by atoms with E-state index in [0.29, 0.717) is 13.0 Å². The number of esters is 1. The molecule has 0 spiro atoms. The number of carbonyl (C=O) groups excluding carboxylic acids is 1. The summed E-state index contributed by atoms with van der Waals surface area (Å²) in [5, 5.41) is 3.19. The van der Waals surface area contributed by atoms with Crippen molar-refractivity contribution < 1.29 is 13.9 Å². The predicted octanol–water partition coefficient (Wildman–Crippen LogP) is 1.91. The molecule has 0 bridgehead atoms. The van der Waals surface area contributed by atoms with Crippen molar-refractivity contribution >= 4 is 5.97 Å². The lowest BCUT2D eigenvalue weighted by molar-refractivity contribution is -0.141. The first kappa shape index (κ1) is 13.6. The Bertz CT molecular complexity index is 368. The Balaban J connectivity index is 2.25. The van der Waals surface area contributed by atoms with Crippen LogP contribution in [0.4, 0.5) is 4.39 Å². The number of rotatable bonds is 6. The third-order valence-corrected chi connectivity index (χ3v) is 2.50. The van der Waals surface area contributed by atoms with Crippen LogP contribution in [-0.4, -0.2) is 25.7 Å². The Kier molecular flexibility index (Phi) is 5.63. The van der Waals surface area contributed by atoms with Gasteiger partial charge in [0.05, 0.1) is 13.5 Å². The van der Waals surface area contributed by atoms with E-state index < -0.39 is 0 Å². The van der Waals surface area contributed by atoms with Gasteiger partial charge in [0.2, 0.25) is 0 Å². The molecule has 0 aliphatic carbocycles. The third-order valence-electron chi connectivity index (χ3n) is 2.50. The van der Waals surface area contributed by atoms with Crippen molar-refractivity contribution in [3.8, 4) is 0 Å². The molecule has 1 aromatic rings. The second-order valence-corrected chi connectivity index (χ2v) is 4.02. The number of hydrogen-bond acceptors (Lipinski definition) is 3. The molecule has 0 amide bonds. The summed E-state index contributed by atoms with van der Waals surface area (Å²) < 4.78 is 17.5. The van der Waals surface area contributed by atoms with E-state index in [0.717, 1.165) is 12.0 Å². The SMILES string of the molecule is COC(=O)CC(C)NCCc1cccc(F)c1.